The predicted molar refractivity (Wildman–Crippen MR) is 50.9 cm³/mol. The number of ketones is 1. The fourth-order valence-corrected chi connectivity index (χ4v) is 1.50. The van der Waals surface area contributed by atoms with E-state index in [0.29, 0.717) is 18.1 Å². The molecule has 0 radical (unpaired) electrons. The lowest BCUT2D eigenvalue weighted by Gasteiger charge is -2.11. The number of carbonyl (C=O) groups excluding carboxylic acids is 1. The zero-order chi connectivity index (χ0) is 9.14. The number of rotatable bonds is 1. The Morgan fingerprint density at radius 1 is 1.67 bits per heavy atom. The Morgan fingerprint density at radius 2 is 2.33 bits per heavy atom. The minimum atomic E-state index is 0.304. The second-order valence-electron chi connectivity index (χ2n) is 3.63. The highest BCUT2D eigenvalue weighted by atomic mass is 16.1. The van der Waals surface area contributed by atoms with Gasteiger partial charge in [0.05, 0.1) is 0 Å². The SMILES string of the molecule is C=C(C)[C@H]1CC=C(C)C(=O)CC1. The summed E-state index contributed by atoms with van der Waals surface area (Å²) in [5.74, 6) is 0.824. The van der Waals surface area contributed by atoms with Crippen molar-refractivity contribution in [2.45, 2.75) is 33.1 Å². The van der Waals surface area contributed by atoms with Crippen molar-refractivity contribution >= 4 is 5.78 Å². The van der Waals surface area contributed by atoms with E-state index in [-0.39, 0.29) is 0 Å². The molecule has 66 valence electrons. The number of carbonyl (C=O) groups is 1. The molecular weight excluding hydrogens is 148 g/mol. The molecule has 1 rings (SSSR count). The van der Waals surface area contributed by atoms with Gasteiger partial charge in [-0.3, -0.25) is 4.79 Å². The summed E-state index contributed by atoms with van der Waals surface area (Å²) in [6, 6.07) is 0. The number of allylic oxidation sites excluding steroid dienone is 3. The van der Waals surface area contributed by atoms with Crippen molar-refractivity contribution in [2.75, 3.05) is 0 Å². The van der Waals surface area contributed by atoms with Gasteiger partial charge in [0.1, 0.15) is 0 Å². The zero-order valence-electron chi connectivity index (χ0n) is 7.89. The van der Waals surface area contributed by atoms with Crippen LogP contribution in [0.1, 0.15) is 33.1 Å². The van der Waals surface area contributed by atoms with Crippen molar-refractivity contribution in [2.24, 2.45) is 5.92 Å². The molecule has 1 nitrogen and oxygen atoms in total. The van der Waals surface area contributed by atoms with Crippen LogP contribution in [-0.4, -0.2) is 5.78 Å². The summed E-state index contributed by atoms with van der Waals surface area (Å²) in [5.41, 5.74) is 2.13. The van der Waals surface area contributed by atoms with Gasteiger partial charge in [0.15, 0.2) is 5.78 Å². The van der Waals surface area contributed by atoms with Gasteiger partial charge in [-0.1, -0.05) is 18.2 Å². The summed E-state index contributed by atoms with van der Waals surface area (Å²) in [7, 11) is 0. The molecule has 0 heterocycles. The van der Waals surface area contributed by atoms with Crippen molar-refractivity contribution in [3.05, 3.63) is 23.8 Å². The first-order valence-corrected chi connectivity index (χ1v) is 4.46. The van der Waals surface area contributed by atoms with Gasteiger partial charge in [-0.05, 0) is 38.2 Å². The lowest BCUT2D eigenvalue weighted by molar-refractivity contribution is -0.115. The standard InChI is InChI=1S/C11H16O/c1-8(2)10-5-4-9(3)11(12)7-6-10/h4,10H,1,5-7H2,2-3H3/t10-/m0/s1. The maximum atomic E-state index is 11.3. The molecule has 1 heteroatoms. The summed E-state index contributed by atoms with van der Waals surface area (Å²) >= 11 is 0. The zero-order valence-corrected chi connectivity index (χ0v) is 7.89. The van der Waals surface area contributed by atoms with Gasteiger partial charge < -0.3 is 0 Å². The van der Waals surface area contributed by atoms with Gasteiger partial charge >= 0.3 is 0 Å². The Morgan fingerprint density at radius 3 is 2.92 bits per heavy atom. The van der Waals surface area contributed by atoms with Crippen LogP contribution in [0.3, 0.4) is 0 Å². The van der Waals surface area contributed by atoms with Crippen LogP contribution < -0.4 is 0 Å². The number of hydrogen-bond acceptors (Lipinski definition) is 1. The molecule has 0 aromatic carbocycles. The van der Waals surface area contributed by atoms with Gasteiger partial charge in [0, 0.05) is 6.42 Å². The highest BCUT2D eigenvalue weighted by molar-refractivity contribution is 5.94. The highest BCUT2D eigenvalue weighted by Gasteiger charge is 2.15. The summed E-state index contributed by atoms with van der Waals surface area (Å²) in [4.78, 5) is 11.3. The molecule has 1 atom stereocenters. The van der Waals surface area contributed by atoms with Crippen LogP contribution in [0, 0.1) is 5.92 Å². The minimum Gasteiger partial charge on any atom is -0.295 e. The van der Waals surface area contributed by atoms with E-state index >= 15 is 0 Å². The Labute approximate surface area is 74.2 Å². The molecule has 0 aromatic heterocycles. The summed E-state index contributed by atoms with van der Waals surface area (Å²) in [6.45, 7) is 7.88. The van der Waals surface area contributed by atoms with Crippen LogP contribution in [0.15, 0.2) is 23.8 Å². The monoisotopic (exact) mass is 164 g/mol. The molecule has 0 spiro atoms. The largest absolute Gasteiger partial charge is 0.295 e. The lowest BCUT2D eigenvalue weighted by Crippen LogP contribution is -2.01. The Kier molecular flexibility index (Phi) is 2.85. The second-order valence-corrected chi connectivity index (χ2v) is 3.63. The fourth-order valence-electron chi connectivity index (χ4n) is 1.50. The third-order valence-corrected chi connectivity index (χ3v) is 2.57. The molecular formula is C11H16O. The van der Waals surface area contributed by atoms with Crippen LogP contribution in [0.25, 0.3) is 0 Å². The molecule has 0 N–H and O–H groups in total. The summed E-state index contributed by atoms with van der Waals surface area (Å²) < 4.78 is 0. The molecule has 1 aliphatic carbocycles. The van der Waals surface area contributed by atoms with Crippen molar-refractivity contribution in [3.63, 3.8) is 0 Å². The first-order chi connectivity index (χ1) is 5.61. The maximum absolute atomic E-state index is 11.3. The molecule has 0 saturated carbocycles. The average Bonchev–Trinajstić information content (AvgIpc) is 2.16. The van der Waals surface area contributed by atoms with Crippen molar-refractivity contribution in [1.82, 2.24) is 0 Å². The van der Waals surface area contributed by atoms with Crippen molar-refractivity contribution in [3.8, 4) is 0 Å². The Bertz CT molecular complexity index is 235. The molecule has 0 aromatic rings. The topological polar surface area (TPSA) is 17.1 Å². The minimum absolute atomic E-state index is 0.304. The van der Waals surface area contributed by atoms with Gasteiger partial charge in [-0.15, -0.1) is 0 Å². The third kappa shape index (κ3) is 2.07. The van der Waals surface area contributed by atoms with Crippen LogP contribution in [0.5, 0.6) is 0 Å². The first-order valence-electron chi connectivity index (χ1n) is 4.46. The number of Topliss-reactive ketones (excluding diaryl/α,β-unsaturated/α-hetero) is 1. The fraction of sp³-hybridized carbons (Fsp3) is 0.545. The predicted octanol–water partition coefficient (Wildman–Crippen LogP) is 2.88. The number of hydrogen-bond donors (Lipinski definition) is 0. The van der Waals surface area contributed by atoms with Gasteiger partial charge in [-0.2, -0.15) is 0 Å². The quantitative estimate of drug-likeness (QED) is 0.545. The van der Waals surface area contributed by atoms with Crippen LogP contribution in [0.2, 0.25) is 0 Å². The van der Waals surface area contributed by atoms with E-state index in [0.717, 1.165) is 18.4 Å². The van der Waals surface area contributed by atoms with E-state index in [2.05, 4.69) is 12.7 Å². The van der Waals surface area contributed by atoms with Crippen molar-refractivity contribution < 1.29 is 4.79 Å². The van der Waals surface area contributed by atoms with Crippen LogP contribution >= 0.6 is 0 Å². The van der Waals surface area contributed by atoms with Crippen molar-refractivity contribution in [1.29, 1.82) is 0 Å². The molecule has 0 saturated heterocycles. The van der Waals surface area contributed by atoms with E-state index in [9.17, 15) is 4.79 Å². The Hall–Kier alpha value is -0.850. The van der Waals surface area contributed by atoms with E-state index < -0.39 is 0 Å². The summed E-state index contributed by atoms with van der Waals surface area (Å²) in [5, 5.41) is 0. The van der Waals surface area contributed by atoms with E-state index in [1.807, 2.05) is 13.8 Å². The highest BCUT2D eigenvalue weighted by Crippen LogP contribution is 2.24. The van der Waals surface area contributed by atoms with Gasteiger partial charge in [-0.25, -0.2) is 0 Å². The first kappa shape index (κ1) is 9.24. The third-order valence-electron chi connectivity index (χ3n) is 2.57. The van der Waals surface area contributed by atoms with Gasteiger partial charge in [0.25, 0.3) is 0 Å². The molecule has 1 aliphatic rings. The lowest BCUT2D eigenvalue weighted by atomic mass is 9.94. The van der Waals surface area contributed by atoms with E-state index in [1.165, 1.54) is 5.57 Å². The molecule has 0 amide bonds. The van der Waals surface area contributed by atoms with Gasteiger partial charge in [0.2, 0.25) is 0 Å². The molecule has 12 heavy (non-hydrogen) atoms. The average molecular weight is 164 g/mol. The van der Waals surface area contributed by atoms with E-state index in [1.54, 1.807) is 0 Å². The van der Waals surface area contributed by atoms with Crippen LogP contribution in [0.4, 0.5) is 0 Å². The summed E-state index contributed by atoms with van der Waals surface area (Å²) in [6.07, 6.45) is 4.71. The smallest absolute Gasteiger partial charge is 0.158 e. The maximum Gasteiger partial charge on any atom is 0.158 e. The van der Waals surface area contributed by atoms with E-state index in [4.69, 9.17) is 0 Å². The molecule has 0 unspecified atom stereocenters. The van der Waals surface area contributed by atoms with Crippen LogP contribution in [-0.2, 0) is 4.79 Å². The normalized spacial score (nSPS) is 24.7. The molecule has 0 fully saturated rings. The molecule has 0 bridgehead atoms. The second kappa shape index (κ2) is 3.70. The molecule has 0 aliphatic heterocycles. The Balaban J connectivity index is 2.68.